The summed E-state index contributed by atoms with van der Waals surface area (Å²) in [6, 6.07) is 4.63. The summed E-state index contributed by atoms with van der Waals surface area (Å²) in [5.74, 6) is -0.876. The molecule has 0 aliphatic heterocycles. The van der Waals surface area contributed by atoms with Gasteiger partial charge in [-0.1, -0.05) is 19.9 Å². The van der Waals surface area contributed by atoms with Crippen molar-refractivity contribution in [3.8, 4) is 5.75 Å². The molecule has 5 heteroatoms. The molecule has 1 aromatic rings. The zero-order valence-electron chi connectivity index (χ0n) is 11.4. The van der Waals surface area contributed by atoms with Crippen LogP contribution in [0, 0.1) is 12.8 Å². The van der Waals surface area contributed by atoms with Crippen LogP contribution in [0.3, 0.4) is 0 Å². The van der Waals surface area contributed by atoms with Crippen molar-refractivity contribution >= 4 is 11.9 Å². The van der Waals surface area contributed by atoms with Gasteiger partial charge in [-0.2, -0.15) is 0 Å². The Labute approximate surface area is 112 Å². The summed E-state index contributed by atoms with van der Waals surface area (Å²) in [7, 11) is 0. The Bertz CT molecular complexity index is 469. The summed E-state index contributed by atoms with van der Waals surface area (Å²) >= 11 is 0. The van der Waals surface area contributed by atoms with Gasteiger partial charge < -0.3 is 15.2 Å². The highest BCUT2D eigenvalue weighted by molar-refractivity contribution is 5.93. The molecule has 0 aromatic heterocycles. The SMILES string of the molecule is Cc1ccc(C(=O)OCC(=O)NCC(C)C)c(O)c1. The molecule has 0 radical (unpaired) electrons. The lowest BCUT2D eigenvalue weighted by Crippen LogP contribution is -2.31. The minimum Gasteiger partial charge on any atom is -0.507 e. The molecule has 104 valence electrons. The molecule has 0 fully saturated rings. The van der Waals surface area contributed by atoms with Gasteiger partial charge in [-0.05, 0) is 30.5 Å². The van der Waals surface area contributed by atoms with E-state index in [-0.39, 0.29) is 23.8 Å². The molecule has 1 aromatic carbocycles. The van der Waals surface area contributed by atoms with Gasteiger partial charge in [-0.15, -0.1) is 0 Å². The largest absolute Gasteiger partial charge is 0.507 e. The van der Waals surface area contributed by atoms with Crippen molar-refractivity contribution < 1.29 is 19.4 Å². The molecule has 1 rings (SSSR count). The van der Waals surface area contributed by atoms with Crippen molar-refractivity contribution in [3.63, 3.8) is 0 Å². The van der Waals surface area contributed by atoms with E-state index in [1.165, 1.54) is 12.1 Å². The van der Waals surface area contributed by atoms with E-state index < -0.39 is 5.97 Å². The molecule has 0 spiro atoms. The van der Waals surface area contributed by atoms with Crippen LogP contribution in [0.15, 0.2) is 18.2 Å². The third-order valence-electron chi connectivity index (χ3n) is 2.41. The maximum atomic E-state index is 11.7. The Hall–Kier alpha value is -2.04. The molecule has 0 heterocycles. The zero-order valence-corrected chi connectivity index (χ0v) is 11.4. The molecule has 1 amide bonds. The van der Waals surface area contributed by atoms with Gasteiger partial charge in [0.2, 0.25) is 0 Å². The molecule has 0 saturated heterocycles. The topological polar surface area (TPSA) is 75.6 Å². The Morgan fingerprint density at radius 3 is 2.63 bits per heavy atom. The van der Waals surface area contributed by atoms with Crippen LogP contribution in [-0.2, 0) is 9.53 Å². The first kappa shape index (κ1) is 15.0. The summed E-state index contributed by atoms with van der Waals surface area (Å²) in [6.45, 7) is 5.92. The minimum absolute atomic E-state index is 0.0576. The molecule has 0 unspecified atom stereocenters. The van der Waals surface area contributed by atoms with Crippen LogP contribution in [0.5, 0.6) is 5.75 Å². The van der Waals surface area contributed by atoms with Crippen molar-refractivity contribution in [1.29, 1.82) is 0 Å². The second-order valence-electron chi connectivity index (χ2n) is 4.79. The Kier molecular flexibility index (Phi) is 5.36. The number of amides is 1. The van der Waals surface area contributed by atoms with Gasteiger partial charge >= 0.3 is 5.97 Å². The molecule has 0 aliphatic rings. The number of hydrogen-bond donors (Lipinski definition) is 2. The van der Waals surface area contributed by atoms with E-state index in [4.69, 9.17) is 4.74 Å². The van der Waals surface area contributed by atoms with Crippen LogP contribution in [0.1, 0.15) is 29.8 Å². The van der Waals surface area contributed by atoms with Crippen molar-refractivity contribution in [2.45, 2.75) is 20.8 Å². The number of phenolic OH excluding ortho intramolecular Hbond substituents is 1. The molecule has 2 N–H and O–H groups in total. The number of nitrogens with one attached hydrogen (secondary N) is 1. The van der Waals surface area contributed by atoms with Gasteiger partial charge in [-0.3, -0.25) is 4.79 Å². The monoisotopic (exact) mass is 265 g/mol. The molecule has 0 atom stereocenters. The Morgan fingerprint density at radius 2 is 2.05 bits per heavy atom. The van der Waals surface area contributed by atoms with E-state index >= 15 is 0 Å². The van der Waals surface area contributed by atoms with Gasteiger partial charge in [0.05, 0.1) is 0 Å². The first-order valence-electron chi connectivity index (χ1n) is 6.13. The predicted molar refractivity (Wildman–Crippen MR) is 71.0 cm³/mol. The van der Waals surface area contributed by atoms with Gasteiger partial charge in [0.15, 0.2) is 6.61 Å². The lowest BCUT2D eigenvalue weighted by Gasteiger charge is -2.09. The molecule has 19 heavy (non-hydrogen) atoms. The molecule has 0 saturated carbocycles. The Morgan fingerprint density at radius 1 is 1.37 bits per heavy atom. The minimum atomic E-state index is -0.711. The van der Waals surface area contributed by atoms with Crippen molar-refractivity contribution in [2.75, 3.05) is 13.2 Å². The van der Waals surface area contributed by atoms with Crippen molar-refractivity contribution in [1.82, 2.24) is 5.32 Å². The number of aryl methyl sites for hydroxylation is 1. The van der Waals surface area contributed by atoms with Gasteiger partial charge in [0.25, 0.3) is 5.91 Å². The maximum Gasteiger partial charge on any atom is 0.342 e. The summed E-state index contributed by atoms with van der Waals surface area (Å²) in [5, 5.41) is 12.2. The third-order valence-corrected chi connectivity index (χ3v) is 2.41. The standard InChI is InChI=1S/C14H19NO4/c1-9(2)7-15-13(17)8-19-14(18)11-5-4-10(3)6-12(11)16/h4-6,9,16H,7-8H2,1-3H3,(H,15,17). The van der Waals surface area contributed by atoms with Crippen LogP contribution < -0.4 is 5.32 Å². The lowest BCUT2D eigenvalue weighted by molar-refractivity contribution is -0.124. The van der Waals surface area contributed by atoms with Gasteiger partial charge in [0, 0.05) is 6.54 Å². The molecule has 5 nitrogen and oxygen atoms in total. The predicted octanol–water partition coefficient (Wildman–Crippen LogP) is 1.63. The zero-order chi connectivity index (χ0) is 14.4. The maximum absolute atomic E-state index is 11.7. The first-order valence-corrected chi connectivity index (χ1v) is 6.13. The van der Waals surface area contributed by atoms with Crippen LogP contribution in [-0.4, -0.2) is 30.1 Å². The van der Waals surface area contributed by atoms with E-state index in [9.17, 15) is 14.7 Å². The highest BCUT2D eigenvalue weighted by Crippen LogP contribution is 2.19. The smallest absolute Gasteiger partial charge is 0.342 e. The fourth-order valence-electron chi connectivity index (χ4n) is 1.39. The molecule has 0 aliphatic carbocycles. The second kappa shape index (κ2) is 6.78. The molecular formula is C14H19NO4. The fraction of sp³-hybridized carbons (Fsp3) is 0.429. The van der Waals surface area contributed by atoms with Crippen molar-refractivity contribution in [3.05, 3.63) is 29.3 Å². The summed E-state index contributed by atoms with van der Waals surface area (Å²) in [4.78, 5) is 23.0. The lowest BCUT2D eigenvalue weighted by atomic mass is 10.1. The van der Waals surface area contributed by atoms with E-state index in [2.05, 4.69) is 5.32 Å². The van der Waals surface area contributed by atoms with Crippen LogP contribution >= 0.6 is 0 Å². The van der Waals surface area contributed by atoms with E-state index in [1.807, 2.05) is 13.8 Å². The van der Waals surface area contributed by atoms with Crippen LogP contribution in [0.4, 0.5) is 0 Å². The van der Waals surface area contributed by atoms with Crippen molar-refractivity contribution in [2.24, 2.45) is 5.92 Å². The second-order valence-corrected chi connectivity index (χ2v) is 4.79. The fourth-order valence-corrected chi connectivity index (χ4v) is 1.39. The van der Waals surface area contributed by atoms with Gasteiger partial charge in [0.1, 0.15) is 11.3 Å². The number of ether oxygens (including phenoxy) is 1. The average Bonchev–Trinajstić information content (AvgIpc) is 2.33. The summed E-state index contributed by atoms with van der Waals surface area (Å²) < 4.78 is 4.83. The van der Waals surface area contributed by atoms with Gasteiger partial charge in [-0.25, -0.2) is 4.79 Å². The first-order chi connectivity index (χ1) is 8.90. The average molecular weight is 265 g/mol. The van der Waals surface area contributed by atoms with E-state index in [0.717, 1.165) is 5.56 Å². The number of aromatic hydroxyl groups is 1. The van der Waals surface area contributed by atoms with E-state index in [1.54, 1.807) is 13.0 Å². The molecular weight excluding hydrogens is 246 g/mol. The third kappa shape index (κ3) is 4.99. The summed E-state index contributed by atoms with van der Waals surface area (Å²) in [5.41, 5.74) is 0.894. The number of rotatable bonds is 5. The van der Waals surface area contributed by atoms with Crippen LogP contribution in [0.25, 0.3) is 0 Å². The normalized spacial score (nSPS) is 10.3. The highest BCUT2D eigenvalue weighted by atomic mass is 16.5. The summed E-state index contributed by atoms with van der Waals surface area (Å²) in [6.07, 6.45) is 0. The number of esters is 1. The number of benzene rings is 1. The van der Waals surface area contributed by atoms with E-state index in [0.29, 0.717) is 12.5 Å². The highest BCUT2D eigenvalue weighted by Gasteiger charge is 2.14. The quantitative estimate of drug-likeness (QED) is 0.793. The Balaban J connectivity index is 2.49. The number of carbonyl (C=O) groups excluding carboxylic acids is 2. The number of phenols is 1. The number of carbonyl (C=O) groups is 2. The molecule has 0 bridgehead atoms. The number of hydrogen-bond acceptors (Lipinski definition) is 4. The van der Waals surface area contributed by atoms with Crippen LogP contribution in [0.2, 0.25) is 0 Å².